The molecule has 0 atom stereocenters. The van der Waals surface area contributed by atoms with Crippen LogP contribution in [-0.4, -0.2) is 12.3 Å². The quantitative estimate of drug-likeness (QED) is 0.825. The van der Waals surface area contributed by atoms with Crippen LogP contribution in [-0.2, 0) is 0 Å². The molecule has 0 radical (unpaired) electrons. The summed E-state index contributed by atoms with van der Waals surface area (Å²) >= 11 is 3.37. The Morgan fingerprint density at radius 2 is 2.00 bits per heavy atom. The number of halogens is 1. The van der Waals surface area contributed by atoms with E-state index in [-0.39, 0.29) is 0 Å². The summed E-state index contributed by atoms with van der Waals surface area (Å²) < 4.78 is 10.9. The summed E-state index contributed by atoms with van der Waals surface area (Å²) in [5.74, 6) is 0.419. The highest BCUT2D eigenvalue weighted by Crippen LogP contribution is 2.24. The van der Waals surface area contributed by atoms with E-state index in [4.69, 9.17) is 9.26 Å². The van der Waals surface area contributed by atoms with Gasteiger partial charge in [-0.05, 0) is 12.1 Å². The zero-order valence-corrected chi connectivity index (χ0v) is 9.11. The Hall–Kier alpha value is -1.29. The van der Waals surface area contributed by atoms with Crippen molar-refractivity contribution in [1.82, 2.24) is 5.16 Å². The number of aromatic nitrogens is 1. The molecule has 1 heterocycles. The van der Waals surface area contributed by atoms with Gasteiger partial charge in [-0.15, -0.1) is 0 Å². The summed E-state index contributed by atoms with van der Waals surface area (Å²) in [7, 11) is 1.55. The monoisotopic (exact) mass is 253 g/mol. The maximum atomic E-state index is 4.91. The van der Waals surface area contributed by atoms with Crippen molar-refractivity contribution in [3.05, 3.63) is 34.8 Å². The lowest BCUT2D eigenvalue weighted by Gasteiger charge is -1.93. The average molecular weight is 254 g/mol. The van der Waals surface area contributed by atoms with Crippen molar-refractivity contribution in [3.63, 3.8) is 0 Å². The van der Waals surface area contributed by atoms with E-state index in [0.29, 0.717) is 5.95 Å². The Morgan fingerprint density at radius 3 is 2.57 bits per heavy atom. The fourth-order valence-corrected chi connectivity index (χ4v) is 1.38. The predicted octanol–water partition coefficient (Wildman–Crippen LogP) is 3.11. The largest absolute Gasteiger partial charge is 0.467 e. The van der Waals surface area contributed by atoms with Gasteiger partial charge in [-0.3, -0.25) is 0 Å². The number of hydrogen-bond acceptors (Lipinski definition) is 3. The first kappa shape index (κ1) is 9.27. The highest BCUT2D eigenvalue weighted by Gasteiger charge is 2.05. The van der Waals surface area contributed by atoms with Crippen molar-refractivity contribution in [1.29, 1.82) is 0 Å². The lowest BCUT2D eigenvalue weighted by atomic mass is 10.2. The van der Waals surface area contributed by atoms with E-state index >= 15 is 0 Å². The molecule has 0 fully saturated rings. The molecule has 0 N–H and O–H groups in total. The number of ether oxygens (including phenoxy) is 1. The minimum atomic E-state index is 0.419. The summed E-state index contributed by atoms with van der Waals surface area (Å²) in [6.45, 7) is 0. The lowest BCUT2D eigenvalue weighted by molar-refractivity contribution is 0.261. The second-order valence-electron chi connectivity index (χ2n) is 2.74. The van der Waals surface area contributed by atoms with Crippen LogP contribution in [0.1, 0.15) is 0 Å². The standard InChI is InChI=1S/C10H8BrNO2/c1-13-10-6-9(12-14-10)7-2-4-8(11)5-3-7/h2-6H,1H3. The van der Waals surface area contributed by atoms with E-state index in [1.165, 1.54) is 0 Å². The first-order valence-corrected chi connectivity index (χ1v) is 4.85. The van der Waals surface area contributed by atoms with Crippen LogP contribution >= 0.6 is 15.9 Å². The molecule has 4 heteroatoms. The highest BCUT2D eigenvalue weighted by atomic mass is 79.9. The molecule has 0 unspecified atom stereocenters. The van der Waals surface area contributed by atoms with Crippen LogP contribution in [0.4, 0.5) is 0 Å². The van der Waals surface area contributed by atoms with Gasteiger partial charge in [-0.25, -0.2) is 0 Å². The molecule has 0 spiro atoms. The van der Waals surface area contributed by atoms with Crippen molar-refractivity contribution < 1.29 is 9.26 Å². The van der Waals surface area contributed by atoms with Gasteiger partial charge in [-0.2, -0.15) is 0 Å². The minimum Gasteiger partial charge on any atom is -0.467 e. The molecule has 2 rings (SSSR count). The van der Waals surface area contributed by atoms with Gasteiger partial charge >= 0.3 is 5.95 Å². The second kappa shape index (κ2) is 3.84. The molecule has 2 aromatic rings. The SMILES string of the molecule is COc1cc(-c2ccc(Br)cc2)no1. The van der Waals surface area contributed by atoms with E-state index in [1.807, 2.05) is 24.3 Å². The van der Waals surface area contributed by atoms with Gasteiger partial charge in [0.05, 0.1) is 13.2 Å². The normalized spacial score (nSPS) is 10.1. The van der Waals surface area contributed by atoms with E-state index in [2.05, 4.69) is 21.1 Å². The van der Waals surface area contributed by atoms with E-state index in [0.717, 1.165) is 15.7 Å². The maximum absolute atomic E-state index is 4.91. The Kier molecular flexibility index (Phi) is 2.54. The first-order valence-electron chi connectivity index (χ1n) is 4.06. The molecule has 72 valence electrons. The zero-order chi connectivity index (χ0) is 9.97. The average Bonchev–Trinajstić information content (AvgIpc) is 2.67. The molecule has 0 bridgehead atoms. The summed E-state index contributed by atoms with van der Waals surface area (Å²) in [6.07, 6.45) is 0. The van der Waals surface area contributed by atoms with Crippen molar-refractivity contribution in [3.8, 4) is 17.2 Å². The molecule has 0 aliphatic heterocycles. The Morgan fingerprint density at radius 1 is 1.29 bits per heavy atom. The van der Waals surface area contributed by atoms with Gasteiger partial charge < -0.3 is 9.26 Å². The lowest BCUT2D eigenvalue weighted by Crippen LogP contribution is -1.76. The van der Waals surface area contributed by atoms with Gasteiger partial charge in [0.25, 0.3) is 0 Å². The van der Waals surface area contributed by atoms with Crippen LogP contribution in [0.15, 0.2) is 39.3 Å². The van der Waals surface area contributed by atoms with Crippen LogP contribution in [0.5, 0.6) is 5.95 Å². The Bertz CT molecular complexity index is 422. The molecule has 0 saturated carbocycles. The third-order valence-electron chi connectivity index (χ3n) is 1.83. The fourth-order valence-electron chi connectivity index (χ4n) is 1.11. The number of rotatable bonds is 2. The summed E-state index contributed by atoms with van der Waals surface area (Å²) in [6, 6.07) is 9.58. The topological polar surface area (TPSA) is 35.3 Å². The first-order chi connectivity index (χ1) is 6.79. The fraction of sp³-hybridized carbons (Fsp3) is 0.100. The molecule has 0 aliphatic rings. The molecular weight excluding hydrogens is 246 g/mol. The van der Waals surface area contributed by atoms with E-state index in [1.54, 1.807) is 13.2 Å². The van der Waals surface area contributed by atoms with Crippen LogP contribution < -0.4 is 4.74 Å². The molecule has 0 amide bonds. The van der Waals surface area contributed by atoms with Gasteiger partial charge in [-0.1, -0.05) is 33.2 Å². The van der Waals surface area contributed by atoms with Crippen molar-refractivity contribution in [2.45, 2.75) is 0 Å². The van der Waals surface area contributed by atoms with Crippen molar-refractivity contribution in [2.75, 3.05) is 7.11 Å². The summed E-state index contributed by atoms with van der Waals surface area (Å²) in [4.78, 5) is 0. The van der Waals surface area contributed by atoms with Crippen LogP contribution in [0, 0.1) is 0 Å². The van der Waals surface area contributed by atoms with Crippen molar-refractivity contribution in [2.24, 2.45) is 0 Å². The highest BCUT2D eigenvalue weighted by molar-refractivity contribution is 9.10. The number of hydrogen-bond donors (Lipinski definition) is 0. The third kappa shape index (κ3) is 1.80. The molecular formula is C10H8BrNO2. The summed E-state index contributed by atoms with van der Waals surface area (Å²) in [5.41, 5.74) is 1.77. The van der Waals surface area contributed by atoms with Crippen LogP contribution in [0.25, 0.3) is 11.3 Å². The number of benzene rings is 1. The molecule has 3 nitrogen and oxygen atoms in total. The molecule has 0 saturated heterocycles. The van der Waals surface area contributed by atoms with Gasteiger partial charge in [0, 0.05) is 10.0 Å². The van der Waals surface area contributed by atoms with Crippen LogP contribution in [0.2, 0.25) is 0 Å². The van der Waals surface area contributed by atoms with E-state index < -0.39 is 0 Å². The zero-order valence-electron chi connectivity index (χ0n) is 7.53. The molecule has 1 aromatic carbocycles. The van der Waals surface area contributed by atoms with Gasteiger partial charge in [0.1, 0.15) is 5.69 Å². The summed E-state index contributed by atoms with van der Waals surface area (Å²) in [5, 5.41) is 3.87. The van der Waals surface area contributed by atoms with Crippen LogP contribution in [0.3, 0.4) is 0 Å². The second-order valence-corrected chi connectivity index (χ2v) is 3.66. The molecule has 14 heavy (non-hydrogen) atoms. The number of nitrogens with zero attached hydrogens (tertiary/aromatic N) is 1. The minimum absolute atomic E-state index is 0.419. The Balaban J connectivity index is 2.34. The third-order valence-corrected chi connectivity index (χ3v) is 2.36. The Labute approximate surface area is 89.8 Å². The van der Waals surface area contributed by atoms with E-state index in [9.17, 15) is 0 Å². The predicted molar refractivity (Wildman–Crippen MR) is 56.2 cm³/mol. The van der Waals surface area contributed by atoms with Gasteiger partial charge in [0.2, 0.25) is 0 Å². The maximum Gasteiger partial charge on any atom is 0.311 e. The smallest absolute Gasteiger partial charge is 0.311 e. The molecule has 1 aromatic heterocycles. The van der Waals surface area contributed by atoms with Crippen molar-refractivity contribution >= 4 is 15.9 Å². The molecule has 0 aliphatic carbocycles. The van der Waals surface area contributed by atoms with Gasteiger partial charge in [0.15, 0.2) is 0 Å². The number of methoxy groups -OCH3 is 1.